The van der Waals surface area contributed by atoms with Gasteiger partial charge in [0.25, 0.3) is 0 Å². The van der Waals surface area contributed by atoms with Crippen LogP contribution in [0.5, 0.6) is 0 Å². The highest BCUT2D eigenvalue weighted by molar-refractivity contribution is 9.10. The Bertz CT molecular complexity index is 519. The molecule has 2 N–H and O–H groups in total. The fourth-order valence-electron chi connectivity index (χ4n) is 1.77. The highest BCUT2D eigenvalue weighted by Gasteiger charge is 2.12. The Hall–Kier alpha value is -1.06. The first-order valence-corrected chi connectivity index (χ1v) is 6.53. The van der Waals surface area contributed by atoms with Gasteiger partial charge in [0.1, 0.15) is 11.5 Å². The molecule has 1 aromatic carbocycles. The van der Waals surface area contributed by atoms with Gasteiger partial charge in [0.05, 0.1) is 6.04 Å². The van der Waals surface area contributed by atoms with Crippen LogP contribution in [0.4, 0.5) is 0 Å². The molecule has 0 amide bonds. The second kappa shape index (κ2) is 5.07. The second-order valence-electron chi connectivity index (χ2n) is 4.13. The molecule has 0 spiro atoms. The molecule has 1 aromatic heterocycles. The van der Waals surface area contributed by atoms with Gasteiger partial charge in [-0.25, -0.2) is 0 Å². The lowest BCUT2D eigenvalue weighted by molar-refractivity contribution is 0.470. The van der Waals surface area contributed by atoms with Gasteiger partial charge < -0.3 is 10.2 Å². The van der Waals surface area contributed by atoms with Crippen LogP contribution in [0.15, 0.2) is 39.2 Å². The summed E-state index contributed by atoms with van der Waals surface area (Å²) in [6.07, 6.45) is 0.879. The van der Waals surface area contributed by atoms with E-state index >= 15 is 0 Å². The number of furan rings is 1. The van der Waals surface area contributed by atoms with Gasteiger partial charge in [0.2, 0.25) is 0 Å². The van der Waals surface area contributed by atoms with E-state index in [-0.39, 0.29) is 6.04 Å². The summed E-state index contributed by atoms with van der Waals surface area (Å²) in [6, 6.07) is 10.0. The van der Waals surface area contributed by atoms with Gasteiger partial charge in [-0.15, -0.1) is 0 Å². The van der Waals surface area contributed by atoms with E-state index in [2.05, 4.69) is 35.8 Å². The lowest BCUT2D eigenvalue weighted by Crippen LogP contribution is -2.06. The van der Waals surface area contributed by atoms with E-state index in [0.717, 1.165) is 28.0 Å². The summed E-state index contributed by atoms with van der Waals surface area (Å²) in [5.74, 6) is 1.73. The van der Waals surface area contributed by atoms with Crippen LogP contribution >= 0.6 is 15.9 Å². The van der Waals surface area contributed by atoms with Crippen molar-refractivity contribution in [2.45, 2.75) is 26.3 Å². The van der Waals surface area contributed by atoms with Crippen molar-refractivity contribution < 1.29 is 4.42 Å². The molecule has 0 saturated carbocycles. The Morgan fingerprint density at radius 2 is 2.06 bits per heavy atom. The number of nitrogens with two attached hydrogens (primary N) is 1. The standard InChI is InChI=1S/C14H16BrNO/c1-3-12(16)14-8-7-13(17-14)10-5-4-6-11(15)9(10)2/h4-8,12H,3,16H2,1-2H3. The van der Waals surface area contributed by atoms with Gasteiger partial charge in [-0.05, 0) is 37.1 Å². The van der Waals surface area contributed by atoms with Crippen molar-refractivity contribution in [1.82, 2.24) is 0 Å². The van der Waals surface area contributed by atoms with Crippen LogP contribution in [0.25, 0.3) is 11.3 Å². The first kappa shape index (κ1) is 12.4. The van der Waals surface area contributed by atoms with Crippen LogP contribution in [0, 0.1) is 6.92 Å². The molecule has 0 saturated heterocycles. The third kappa shape index (κ3) is 2.45. The quantitative estimate of drug-likeness (QED) is 0.909. The van der Waals surface area contributed by atoms with Crippen molar-refractivity contribution in [2.24, 2.45) is 5.73 Å². The molecule has 2 rings (SSSR count). The maximum absolute atomic E-state index is 5.95. The Morgan fingerprint density at radius 1 is 1.29 bits per heavy atom. The molecule has 17 heavy (non-hydrogen) atoms. The third-order valence-electron chi connectivity index (χ3n) is 2.97. The van der Waals surface area contributed by atoms with Gasteiger partial charge in [-0.2, -0.15) is 0 Å². The lowest BCUT2D eigenvalue weighted by atomic mass is 10.1. The first-order chi connectivity index (χ1) is 8.13. The minimum absolute atomic E-state index is 0.0174. The zero-order valence-corrected chi connectivity index (χ0v) is 11.6. The van der Waals surface area contributed by atoms with Crippen LogP contribution in [-0.2, 0) is 0 Å². The molecule has 0 aliphatic rings. The van der Waals surface area contributed by atoms with Gasteiger partial charge in [0, 0.05) is 10.0 Å². The molecule has 1 unspecified atom stereocenters. The Morgan fingerprint density at radius 3 is 2.76 bits per heavy atom. The van der Waals surface area contributed by atoms with E-state index in [4.69, 9.17) is 10.2 Å². The number of hydrogen-bond donors (Lipinski definition) is 1. The summed E-state index contributed by atoms with van der Waals surface area (Å²) in [6.45, 7) is 4.12. The average molecular weight is 294 g/mol. The maximum atomic E-state index is 5.95. The number of halogens is 1. The van der Waals surface area contributed by atoms with Crippen LogP contribution < -0.4 is 5.73 Å². The summed E-state index contributed by atoms with van der Waals surface area (Å²) in [4.78, 5) is 0. The first-order valence-electron chi connectivity index (χ1n) is 5.74. The number of hydrogen-bond acceptors (Lipinski definition) is 2. The topological polar surface area (TPSA) is 39.2 Å². The molecule has 3 heteroatoms. The Kier molecular flexibility index (Phi) is 3.69. The molecule has 1 atom stereocenters. The van der Waals surface area contributed by atoms with Gasteiger partial charge in [0.15, 0.2) is 0 Å². The summed E-state index contributed by atoms with van der Waals surface area (Å²) in [7, 11) is 0. The highest BCUT2D eigenvalue weighted by atomic mass is 79.9. The van der Waals surface area contributed by atoms with Crippen molar-refractivity contribution >= 4 is 15.9 Å². The maximum Gasteiger partial charge on any atom is 0.134 e. The molecule has 0 radical (unpaired) electrons. The van der Waals surface area contributed by atoms with Crippen LogP contribution in [-0.4, -0.2) is 0 Å². The normalized spacial score (nSPS) is 12.7. The molecular formula is C14H16BrNO. The lowest BCUT2D eigenvalue weighted by Gasteiger charge is -2.06. The number of rotatable bonds is 3. The van der Waals surface area contributed by atoms with Crippen LogP contribution in [0.1, 0.15) is 30.7 Å². The summed E-state index contributed by atoms with van der Waals surface area (Å²) in [5.41, 5.74) is 8.24. The van der Waals surface area contributed by atoms with E-state index in [9.17, 15) is 0 Å². The molecule has 2 aromatic rings. The van der Waals surface area contributed by atoms with Crippen molar-refractivity contribution in [1.29, 1.82) is 0 Å². The van der Waals surface area contributed by atoms with Gasteiger partial charge in [-0.1, -0.05) is 35.0 Å². The SMILES string of the molecule is CCC(N)c1ccc(-c2cccc(Br)c2C)o1. The summed E-state index contributed by atoms with van der Waals surface area (Å²) < 4.78 is 6.90. The molecule has 0 bridgehead atoms. The van der Waals surface area contributed by atoms with Gasteiger partial charge in [-0.3, -0.25) is 0 Å². The monoisotopic (exact) mass is 293 g/mol. The summed E-state index contributed by atoms with van der Waals surface area (Å²) >= 11 is 3.53. The third-order valence-corrected chi connectivity index (χ3v) is 3.82. The van der Waals surface area contributed by atoms with Crippen molar-refractivity contribution in [3.8, 4) is 11.3 Å². The smallest absolute Gasteiger partial charge is 0.134 e. The van der Waals surface area contributed by atoms with Crippen molar-refractivity contribution in [2.75, 3.05) is 0 Å². The second-order valence-corrected chi connectivity index (χ2v) is 4.98. The highest BCUT2D eigenvalue weighted by Crippen LogP contribution is 2.31. The van der Waals surface area contributed by atoms with E-state index in [1.807, 2.05) is 24.3 Å². The van der Waals surface area contributed by atoms with Crippen molar-refractivity contribution in [3.05, 3.63) is 46.1 Å². The molecule has 1 heterocycles. The summed E-state index contributed by atoms with van der Waals surface area (Å²) in [5, 5.41) is 0. The average Bonchev–Trinajstić information content (AvgIpc) is 2.81. The minimum atomic E-state index is -0.0174. The molecule has 90 valence electrons. The van der Waals surface area contributed by atoms with Crippen molar-refractivity contribution in [3.63, 3.8) is 0 Å². The predicted molar refractivity (Wildman–Crippen MR) is 73.8 cm³/mol. The van der Waals surface area contributed by atoms with E-state index < -0.39 is 0 Å². The van der Waals surface area contributed by atoms with E-state index in [0.29, 0.717) is 0 Å². The number of benzene rings is 1. The fraction of sp³-hybridized carbons (Fsp3) is 0.286. The van der Waals surface area contributed by atoms with E-state index in [1.165, 1.54) is 5.56 Å². The van der Waals surface area contributed by atoms with E-state index in [1.54, 1.807) is 0 Å². The fourth-order valence-corrected chi connectivity index (χ4v) is 2.14. The molecule has 0 aliphatic carbocycles. The molecular weight excluding hydrogens is 278 g/mol. The molecule has 0 fully saturated rings. The molecule has 0 aliphatic heterocycles. The predicted octanol–water partition coefficient (Wildman–Crippen LogP) is 4.43. The molecule has 2 nitrogen and oxygen atoms in total. The largest absolute Gasteiger partial charge is 0.459 e. The zero-order chi connectivity index (χ0) is 12.4. The van der Waals surface area contributed by atoms with Crippen LogP contribution in [0.2, 0.25) is 0 Å². The Balaban J connectivity index is 2.40. The van der Waals surface area contributed by atoms with Crippen LogP contribution in [0.3, 0.4) is 0 Å². The Labute approximate surface area is 110 Å². The zero-order valence-electron chi connectivity index (χ0n) is 10.0. The van der Waals surface area contributed by atoms with Gasteiger partial charge >= 0.3 is 0 Å². The minimum Gasteiger partial charge on any atom is -0.459 e.